The summed E-state index contributed by atoms with van der Waals surface area (Å²) < 4.78 is 0. The second-order valence-electron chi connectivity index (χ2n) is 5.65. The molecular weight excluding hydrogens is 224 g/mol. The van der Waals surface area contributed by atoms with Gasteiger partial charge < -0.3 is 10.2 Å². The van der Waals surface area contributed by atoms with Crippen LogP contribution in [-0.4, -0.2) is 10.2 Å². The highest BCUT2D eigenvalue weighted by Crippen LogP contribution is 2.47. The molecule has 0 saturated heterocycles. The molecule has 1 aliphatic rings. The molecule has 2 nitrogen and oxygen atoms in total. The van der Waals surface area contributed by atoms with Gasteiger partial charge in [0.2, 0.25) is 0 Å². The Morgan fingerprint density at radius 1 is 1.11 bits per heavy atom. The summed E-state index contributed by atoms with van der Waals surface area (Å²) in [7, 11) is 0. The largest absolute Gasteiger partial charge is 0.508 e. The lowest BCUT2D eigenvalue weighted by molar-refractivity contribution is 0.258. The molecule has 1 aromatic carbocycles. The van der Waals surface area contributed by atoms with E-state index in [-0.39, 0.29) is 11.2 Å². The summed E-state index contributed by atoms with van der Waals surface area (Å²) in [6, 6.07) is 4.97. The summed E-state index contributed by atoms with van der Waals surface area (Å²) in [5.74, 6) is 0.620. The molecule has 0 unspecified atom stereocenters. The van der Waals surface area contributed by atoms with E-state index in [0.717, 1.165) is 24.8 Å². The molecular formula is C16H24O2. The summed E-state index contributed by atoms with van der Waals surface area (Å²) in [5.41, 5.74) is 1.06. The van der Waals surface area contributed by atoms with Gasteiger partial charge in [-0.25, -0.2) is 0 Å². The van der Waals surface area contributed by atoms with Crippen molar-refractivity contribution in [1.29, 1.82) is 0 Å². The lowest BCUT2D eigenvalue weighted by atomic mass is 9.66. The maximum absolute atomic E-state index is 10.1. The predicted molar refractivity (Wildman–Crippen MR) is 74.1 cm³/mol. The molecule has 1 aromatic rings. The highest BCUT2D eigenvalue weighted by Gasteiger charge is 2.35. The Morgan fingerprint density at radius 3 is 2.50 bits per heavy atom. The van der Waals surface area contributed by atoms with Gasteiger partial charge in [-0.15, -0.1) is 0 Å². The van der Waals surface area contributed by atoms with Gasteiger partial charge in [-0.2, -0.15) is 0 Å². The summed E-state index contributed by atoms with van der Waals surface area (Å²) >= 11 is 0. The quantitative estimate of drug-likeness (QED) is 0.771. The molecule has 0 bridgehead atoms. The zero-order valence-electron chi connectivity index (χ0n) is 11.3. The van der Waals surface area contributed by atoms with Crippen molar-refractivity contribution >= 4 is 0 Å². The van der Waals surface area contributed by atoms with Gasteiger partial charge in [0.15, 0.2) is 0 Å². The van der Waals surface area contributed by atoms with E-state index < -0.39 is 0 Å². The van der Waals surface area contributed by atoms with E-state index in [1.54, 1.807) is 18.2 Å². The molecule has 1 fully saturated rings. The van der Waals surface area contributed by atoms with E-state index in [4.69, 9.17) is 0 Å². The Balaban J connectivity index is 2.35. The smallest absolute Gasteiger partial charge is 0.119 e. The molecule has 0 aliphatic heterocycles. The minimum absolute atomic E-state index is 0.0943. The van der Waals surface area contributed by atoms with E-state index in [2.05, 4.69) is 6.92 Å². The van der Waals surface area contributed by atoms with Crippen molar-refractivity contribution in [3.8, 4) is 11.5 Å². The van der Waals surface area contributed by atoms with E-state index in [1.807, 2.05) is 0 Å². The van der Waals surface area contributed by atoms with Gasteiger partial charge in [0.25, 0.3) is 0 Å². The molecule has 0 spiro atoms. The second kappa shape index (κ2) is 5.64. The monoisotopic (exact) mass is 248 g/mol. The first kappa shape index (κ1) is 13.3. The Morgan fingerprint density at radius 2 is 1.83 bits per heavy atom. The van der Waals surface area contributed by atoms with Crippen LogP contribution in [0, 0.1) is 0 Å². The SMILES string of the molecule is CCCCC1(c2cc(O)ccc2O)CCCCC1. The third-order valence-corrected chi connectivity index (χ3v) is 4.37. The number of aromatic hydroxyl groups is 2. The van der Waals surface area contributed by atoms with Gasteiger partial charge in [-0.1, -0.05) is 39.0 Å². The molecule has 0 aromatic heterocycles. The second-order valence-corrected chi connectivity index (χ2v) is 5.65. The number of hydrogen-bond donors (Lipinski definition) is 2. The molecule has 0 heterocycles. The van der Waals surface area contributed by atoms with Crippen LogP contribution >= 0.6 is 0 Å². The maximum Gasteiger partial charge on any atom is 0.119 e. The molecule has 1 saturated carbocycles. The van der Waals surface area contributed by atoms with Gasteiger partial charge in [-0.05, 0) is 42.9 Å². The van der Waals surface area contributed by atoms with Gasteiger partial charge >= 0.3 is 0 Å². The highest BCUT2D eigenvalue weighted by atomic mass is 16.3. The number of hydrogen-bond acceptors (Lipinski definition) is 2. The summed E-state index contributed by atoms with van der Waals surface area (Å²) in [6.07, 6.45) is 9.55. The first-order chi connectivity index (χ1) is 8.68. The standard InChI is InChI=1S/C16H24O2/c1-2-3-9-16(10-5-4-6-11-16)14-12-13(17)7-8-15(14)18/h7-8,12,17-18H,2-6,9-11H2,1H3. The molecule has 0 amide bonds. The number of rotatable bonds is 4. The molecule has 2 heteroatoms. The van der Waals surface area contributed by atoms with Crippen LogP contribution in [-0.2, 0) is 5.41 Å². The summed E-state index contributed by atoms with van der Waals surface area (Å²) in [5, 5.41) is 19.8. The normalized spacial score (nSPS) is 18.7. The van der Waals surface area contributed by atoms with Crippen LogP contribution in [0.25, 0.3) is 0 Å². The fourth-order valence-corrected chi connectivity index (χ4v) is 3.35. The Labute approximate surface area is 110 Å². The summed E-state index contributed by atoms with van der Waals surface area (Å²) in [4.78, 5) is 0. The van der Waals surface area contributed by atoms with Crippen molar-refractivity contribution in [3.05, 3.63) is 23.8 Å². The maximum atomic E-state index is 10.1. The van der Waals surface area contributed by atoms with Gasteiger partial charge in [0, 0.05) is 5.56 Å². The van der Waals surface area contributed by atoms with Crippen LogP contribution in [0.1, 0.15) is 63.9 Å². The van der Waals surface area contributed by atoms with E-state index in [1.165, 1.54) is 32.1 Å². The first-order valence-electron chi connectivity index (χ1n) is 7.20. The van der Waals surface area contributed by atoms with Crippen molar-refractivity contribution in [3.63, 3.8) is 0 Å². The van der Waals surface area contributed by atoms with Crippen LogP contribution in [0.15, 0.2) is 18.2 Å². The first-order valence-corrected chi connectivity index (χ1v) is 7.20. The van der Waals surface area contributed by atoms with Crippen LogP contribution < -0.4 is 0 Å². The van der Waals surface area contributed by atoms with E-state index >= 15 is 0 Å². The predicted octanol–water partition coefficient (Wildman–Crippen LogP) is 4.49. The molecule has 1 aliphatic carbocycles. The summed E-state index contributed by atoms with van der Waals surface area (Å²) in [6.45, 7) is 2.21. The number of benzene rings is 1. The van der Waals surface area contributed by atoms with E-state index in [9.17, 15) is 10.2 Å². The highest BCUT2D eigenvalue weighted by molar-refractivity contribution is 5.44. The van der Waals surface area contributed by atoms with Crippen molar-refractivity contribution < 1.29 is 10.2 Å². The van der Waals surface area contributed by atoms with Crippen LogP contribution in [0.5, 0.6) is 11.5 Å². The van der Waals surface area contributed by atoms with Gasteiger partial charge in [-0.3, -0.25) is 0 Å². The average Bonchev–Trinajstić information content (AvgIpc) is 2.40. The molecule has 0 radical (unpaired) electrons. The van der Waals surface area contributed by atoms with Gasteiger partial charge in [0.1, 0.15) is 11.5 Å². The lowest BCUT2D eigenvalue weighted by Crippen LogP contribution is -2.29. The van der Waals surface area contributed by atoms with Crippen molar-refractivity contribution in [2.75, 3.05) is 0 Å². The van der Waals surface area contributed by atoms with Crippen molar-refractivity contribution in [2.45, 2.75) is 63.7 Å². The molecule has 0 atom stereocenters. The minimum atomic E-state index is 0.0943. The third kappa shape index (κ3) is 2.63. The number of unbranched alkanes of at least 4 members (excludes halogenated alkanes) is 1. The molecule has 100 valence electrons. The Hall–Kier alpha value is -1.18. The van der Waals surface area contributed by atoms with Crippen molar-refractivity contribution in [2.24, 2.45) is 0 Å². The molecule has 2 rings (SSSR count). The van der Waals surface area contributed by atoms with Crippen molar-refractivity contribution in [1.82, 2.24) is 0 Å². The Kier molecular flexibility index (Phi) is 4.15. The fraction of sp³-hybridized carbons (Fsp3) is 0.625. The third-order valence-electron chi connectivity index (χ3n) is 4.37. The lowest BCUT2D eigenvalue weighted by Gasteiger charge is -2.38. The zero-order chi connectivity index (χ0) is 13.0. The Bertz CT molecular complexity index is 392. The fourth-order valence-electron chi connectivity index (χ4n) is 3.35. The van der Waals surface area contributed by atoms with Crippen LogP contribution in [0.2, 0.25) is 0 Å². The minimum Gasteiger partial charge on any atom is -0.508 e. The molecule has 18 heavy (non-hydrogen) atoms. The molecule has 2 N–H and O–H groups in total. The van der Waals surface area contributed by atoms with Crippen LogP contribution in [0.4, 0.5) is 0 Å². The number of phenols is 2. The average molecular weight is 248 g/mol. The van der Waals surface area contributed by atoms with Gasteiger partial charge in [0.05, 0.1) is 0 Å². The van der Waals surface area contributed by atoms with Crippen LogP contribution in [0.3, 0.4) is 0 Å². The number of phenolic OH excluding ortho intramolecular Hbond substituents is 2. The zero-order valence-corrected chi connectivity index (χ0v) is 11.3. The topological polar surface area (TPSA) is 40.5 Å². The van der Waals surface area contributed by atoms with E-state index in [0.29, 0.717) is 5.75 Å².